The van der Waals surface area contributed by atoms with Crippen molar-refractivity contribution in [1.82, 2.24) is 4.98 Å². The molecule has 2 rings (SSSR count). The van der Waals surface area contributed by atoms with E-state index >= 15 is 0 Å². The van der Waals surface area contributed by atoms with Gasteiger partial charge in [0.2, 0.25) is 0 Å². The maximum absolute atomic E-state index is 8.63. The van der Waals surface area contributed by atoms with Crippen LogP contribution in [0.3, 0.4) is 0 Å². The van der Waals surface area contributed by atoms with Crippen LogP contribution < -0.4 is 0 Å². The number of hydrogen-bond donors (Lipinski definition) is 0. The number of pyridine rings is 1. The predicted octanol–water partition coefficient (Wildman–Crippen LogP) is 2.22. The van der Waals surface area contributed by atoms with E-state index in [0.29, 0.717) is 5.56 Å². The minimum absolute atomic E-state index is 0. The Morgan fingerprint density at radius 3 is 3.08 bits per heavy atom. The Labute approximate surface area is 71.6 Å². The second-order valence-corrected chi connectivity index (χ2v) is 2.52. The van der Waals surface area contributed by atoms with Crippen molar-refractivity contribution >= 4 is 10.9 Å². The van der Waals surface area contributed by atoms with Gasteiger partial charge in [-0.25, -0.2) is 0 Å². The molecule has 0 amide bonds. The Morgan fingerprint density at radius 1 is 1.33 bits per heavy atom. The highest BCUT2D eigenvalue weighted by Crippen LogP contribution is 2.11. The zero-order chi connectivity index (χ0) is 8.39. The van der Waals surface area contributed by atoms with Crippen LogP contribution in [0.15, 0.2) is 36.5 Å². The first-order valence-corrected chi connectivity index (χ1v) is 3.65. The molecule has 2 aromatic rings. The third kappa shape index (κ3) is 1.02. The molecule has 0 radical (unpaired) electrons. The van der Waals surface area contributed by atoms with E-state index in [9.17, 15) is 0 Å². The molecule has 0 N–H and O–H groups in total. The third-order valence-corrected chi connectivity index (χ3v) is 1.73. The summed E-state index contributed by atoms with van der Waals surface area (Å²) in [6, 6.07) is 11.4. The van der Waals surface area contributed by atoms with E-state index in [1.165, 1.54) is 0 Å². The van der Waals surface area contributed by atoms with E-state index in [1.54, 1.807) is 12.3 Å². The molecule has 2 heteroatoms. The summed E-state index contributed by atoms with van der Waals surface area (Å²) in [6.07, 6.45) is 1.74. The first-order chi connectivity index (χ1) is 5.90. The number of rotatable bonds is 0. The smallest absolute Gasteiger partial charge is 0.256 e. The fraction of sp³-hybridized carbons (Fsp3) is 0. The Hall–Kier alpha value is -1.88. The Bertz CT molecular complexity index is 460. The van der Waals surface area contributed by atoms with E-state index in [4.69, 9.17) is 5.26 Å². The van der Waals surface area contributed by atoms with Crippen LogP contribution in [0.25, 0.3) is 10.9 Å². The molecule has 0 fully saturated rings. The van der Waals surface area contributed by atoms with Crippen molar-refractivity contribution in [2.45, 2.75) is 0 Å². The van der Waals surface area contributed by atoms with Crippen molar-refractivity contribution in [1.29, 1.82) is 5.26 Å². The number of nitriles is 1. The number of nitrogens with zero attached hydrogens (tertiary/aromatic N) is 2. The summed E-state index contributed by atoms with van der Waals surface area (Å²) in [5, 5.41) is 9.64. The molecule has 1 aromatic carbocycles. The van der Waals surface area contributed by atoms with Gasteiger partial charge in [0.1, 0.15) is 0 Å². The minimum atomic E-state index is 0. The standard InChI is InChI=1S/C10H6N2/c11-7-8-3-4-10-9(6-8)2-1-5-12-10/h1-6H/p+1. The first kappa shape index (κ1) is 6.81. The average Bonchev–Trinajstić information content (AvgIpc) is 2.17. The molecule has 56 valence electrons. The number of fused-ring (bicyclic) bond motifs is 1. The van der Waals surface area contributed by atoms with Crippen molar-refractivity contribution in [2.75, 3.05) is 0 Å². The molecule has 0 unspecified atom stereocenters. The number of benzene rings is 1. The van der Waals surface area contributed by atoms with Gasteiger partial charge in [0.05, 0.1) is 17.1 Å². The molecule has 0 aliphatic heterocycles. The lowest BCUT2D eigenvalue weighted by Crippen LogP contribution is -1.78. The summed E-state index contributed by atoms with van der Waals surface area (Å²) in [4.78, 5) is 4.15. The lowest BCUT2D eigenvalue weighted by Gasteiger charge is -1.94. The van der Waals surface area contributed by atoms with Gasteiger partial charge in [0.15, 0.2) is 0 Å². The molecule has 0 bridgehead atoms. The molecule has 0 aliphatic carbocycles. The van der Waals surface area contributed by atoms with Crippen molar-refractivity contribution in [2.24, 2.45) is 0 Å². The summed E-state index contributed by atoms with van der Waals surface area (Å²) in [5.74, 6) is 0. The van der Waals surface area contributed by atoms with E-state index in [1.807, 2.05) is 24.3 Å². The summed E-state index contributed by atoms with van der Waals surface area (Å²) < 4.78 is 0. The van der Waals surface area contributed by atoms with Gasteiger partial charge in [0, 0.05) is 11.6 Å². The van der Waals surface area contributed by atoms with Crippen molar-refractivity contribution in [3.63, 3.8) is 0 Å². The normalized spacial score (nSPS) is 9.58. The number of aromatic nitrogens is 1. The number of hydrogen-bond acceptors (Lipinski definition) is 2. The highest BCUT2D eigenvalue weighted by atomic mass is 14.6. The molecular weight excluding hydrogens is 148 g/mol. The van der Waals surface area contributed by atoms with Crippen LogP contribution in [-0.4, -0.2) is 4.98 Å². The van der Waals surface area contributed by atoms with E-state index in [-0.39, 0.29) is 1.43 Å². The van der Waals surface area contributed by atoms with Crippen LogP contribution in [-0.2, 0) is 0 Å². The zero-order valence-electron chi connectivity index (χ0n) is 7.36. The van der Waals surface area contributed by atoms with Gasteiger partial charge in [-0.15, -0.1) is 0 Å². The molecule has 0 saturated carbocycles. The summed E-state index contributed by atoms with van der Waals surface area (Å²) >= 11 is 0. The molecule has 1 aromatic heterocycles. The van der Waals surface area contributed by atoms with Crippen molar-refractivity contribution in [3.05, 3.63) is 42.1 Å². The fourth-order valence-corrected chi connectivity index (χ4v) is 1.15. The molecule has 0 saturated heterocycles. The van der Waals surface area contributed by atoms with Crippen LogP contribution in [0.1, 0.15) is 6.99 Å². The van der Waals surface area contributed by atoms with Crippen LogP contribution in [0, 0.1) is 11.3 Å². The second kappa shape index (κ2) is 2.63. The first-order valence-electron chi connectivity index (χ1n) is 3.65. The monoisotopic (exact) mass is 155 g/mol. The molecule has 2 nitrogen and oxygen atoms in total. The maximum atomic E-state index is 8.63. The van der Waals surface area contributed by atoms with E-state index in [2.05, 4.69) is 11.1 Å². The van der Waals surface area contributed by atoms with Crippen molar-refractivity contribution < 1.29 is 1.43 Å². The Balaban J connectivity index is 0.000000845. The van der Waals surface area contributed by atoms with Gasteiger partial charge in [-0.3, -0.25) is 4.98 Å². The van der Waals surface area contributed by atoms with Gasteiger partial charge in [-0.1, -0.05) is 6.07 Å². The molecule has 0 spiro atoms. The predicted molar refractivity (Wildman–Crippen MR) is 47.6 cm³/mol. The van der Waals surface area contributed by atoms with Gasteiger partial charge >= 0.3 is 1.43 Å². The van der Waals surface area contributed by atoms with E-state index < -0.39 is 0 Å². The quantitative estimate of drug-likeness (QED) is 0.584. The summed E-state index contributed by atoms with van der Waals surface area (Å²) in [7, 11) is 0. The Morgan fingerprint density at radius 2 is 2.25 bits per heavy atom. The largest absolute Gasteiger partial charge is 1.00 e. The second-order valence-electron chi connectivity index (χ2n) is 2.52. The molecule has 0 aliphatic rings. The fourth-order valence-electron chi connectivity index (χ4n) is 1.15. The van der Waals surface area contributed by atoms with Gasteiger partial charge in [0.25, 0.3) is 0 Å². The molecule has 12 heavy (non-hydrogen) atoms. The van der Waals surface area contributed by atoms with Crippen LogP contribution in [0.2, 0.25) is 0 Å². The highest BCUT2D eigenvalue weighted by molar-refractivity contribution is 5.79. The lowest BCUT2D eigenvalue weighted by molar-refractivity contribution is 1.41. The molecular formula is C10H7N2+. The minimum Gasteiger partial charge on any atom is -0.256 e. The van der Waals surface area contributed by atoms with Crippen LogP contribution in [0.5, 0.6) is 0 Å². The summed E-state index contributed by atoms with van der Waals surface area (Å²) in [5.41, 5.74) is 1.60. The topological polar surface area (TPSA) is 36.7 Å². The average molecular weight is 155 g/mol. The van der Waals surface area contributed by atoms with Crippen molar-refractivity contribution in [3.8, 4) is 6.07 Å². The van der Waals surface area contributed by atoms with E-state index in [0.717, 1.165) is 10.9 Å². The van der Waals surface area contributed by atoms with Gasteiger partial charge in [-0.2, -0.15) is 5.26 Å². The van der Waals surface area contributed by atoms with Crippen LogP contribution in [0.4, 0.5) is 0 Å². The van der Waals surface area contributed by atoms with Gasteiger partial charge in [-0.05, 0) is 24.3 Å². The SMILES string of the molecule is N#Cc1ccc2ncccc2c1.[H+]. The summed E-state index contributed by atoms with van der Waals surface area (Å²) in [6.45, 7) is 0. The maximum Gasteiger partial charge on any atom is 1.00 e. The van der Waals surface area contributed by atoms with Crippen LogP contribution >= 0.6 is 0 Å². The molecule has 1 heterocycles. The lowest BCUT2D eigenvalue weighted by atomic mass is 10.1. The van der Waals surface area contributed by atoms with Gasteiger partial charge < -0.3 is 0 Å². The third-order valence-electron chi connectivity index (χ3n) is 1.73. The zero-order valence-corrected chi connectivity index (χ0v) is 6.36. The Kier molecular flexibility index (Phi) is 1.49. The highest BCUT2D eigenvalue weighted by Gasteiger charge is 1.93. The molecule has 0 atom stereocenters.